The standard InChI is InChI=1S/C19H26N2O3/c1-21(2)19(23)17-10-9-16(24-17)12-20-18(22)15-8-7-13-5-3-4-6-14(13)11-15/h7-8,11,16-17H,3-6,9-10,12H2,1-2H3,(H,20,22). The van der Waals surface area contributed by atoms with Gasteiger partial charge in [0.15, 0.2) is 0 Å². The molecule has 1 aromatic carbocycles. The molecule has 1 saturated heterocycles. The van der Waals surface area contributed by atoms with E-state index >= 15 is 0 Å². The average molecular weight is 330 g/mol. The Morgan fingerprint density at radius 1 is 1.17 bits per heavy atom. The van der Waals surface area contributed by atoms with Gasteiger partial charge in [0.2, 0.25) is 0 Å². The smallest absolute Gasteiger partial charge is 0.251 e. The lowest BCUT2D eigenvalue weighted by molar-refractivity contribution is -0.140. The van der Waals surface area contributed by atoms with Gasteiger partial charge in [-0.1, -0.05) is 6.07 Å². The van der Waals surface area contributed by atoms with Gasteiger partial charge >= 0.3 is 0 Å². The first-order valence-corrected chi connectivity index (χ1v) is 8.81. The van der Waals surface area contributed by atoms with Gasteiger partial charge in [0, 0.05) is 26.2 Å². The van der Waals surface area contributed by atoms with Crippen LogP contribution in [0.1, 0.15) is 47.2 Å². The lowest BCUT2D eigenvalue weighted by Gasteiger charge is -2.18. The maximum Gasteiger partial charge on any atom is 0.251 e. The first-order valence-electron chi connectivity index (χ1n) is 8.81. The fourth-order valence-corrected chi connectivity index (χ4v) is 3.51. The van der Waals surface area contributed by atoms with Crippen LogP contribution in [0.5, 0.6) is 0 Å². The van der Waals surface area contributed by atoms with Gasteiger partial charge in [0.05, 0.1) is 6.10 Å². The van der Waals surface area contributed by atoms with E-state index in [4.69, 9.17) is 4.74 Å². The fourth-order valence-electron chi connectivity index (χ4n) is 3.51. The molecule has 0 radical (unpaired) electrons. The van der Waals surface area contributed by atoms with E-state index in [1.807, 2.05) is 12.1 Å². The summed E-state index contributed by atoms with van der Waals surface area (Å²) < 4.78 is 5.76. The normalized spacial score (nSPS) is 22.8. The zero-order valence-corrected chi connectivity index (χ0v) is 14.5. The number of carbonyl (C=O) groups is 2. The second-order valence-electron chi connectivity index (χ2n) is 6.96. The van der Waals surface area contributed by atoms with E-state index in [2.05, 4.69) is 11.4 Å². The van der Waals surface area contributed by atoms with Crippen LogP contribution in [0, 0.1) is 0 Å². The molecule has 3 rings (SSSR count). The Hall–Kier alpha value is -1.88. The van der Waals surface area contributed by atoms with E-state index in [9.17, 15) is 9.59 Å². The molecule has 2 atom stereocenters. The quantitative estimate of drug-likeness (QED) is 0.918. The Kier molecular flexibility index (Phi) is 5.19. The molecule has 5 heteroatoms. The third-order valence-electron chi connectivity index (χ3n) is 4.92. The number of nitrogens with one attached hydrogen (secondary N) is 1. The largest absolute Gasteiger partial charge is 0.363 e. The molecule has 1 aliphatic carbocycles. The van der Waals surface area contributed by atoms with E-state index in [1.165, 1.54) is 24.0 Å². The molecule has 0 spiro atoms. The van der Waals surface area contributed by atoms with Gasteiger partial charge in [-0.2, -0.15) is 0 Å². The predicted molar refractivity (Wildman–Crippen MR) is 92.0 cm³/mol. The Balaban J connectivity index is 1.52. The van der Waals surface area contributed by atoms with Crippen molar-refractivity contribution in [1.29, 1.82) is 0 Å². The summed E-state index contributed by atoms with van der Waals surface area (Å²) in [6.07, 6.45) is 5.70. The zero-order valence-electron chi connectivity index (χ0n) is 14.5. The molecule has 2 unspecified atom stereocenters. The van der Waals surface area contributed by atoms with Crippen LogP contribution in [0.3, 0.4) is 0 Å². The second-order valence-corrected chi connectivity index (χ2v) is 6.96. The molecule has 1 N–H and O–H groups in total. The molecule has 1 heterocycles. The Morgan fingerprint density at radius 3 is 2.67 bits per heavy atom. The number of ether oxygens (including phenoxy) is 1. The number of amides is 2. The Labute approximate surface area is 143 Å². The Bertz CT molecular complexity index is 627. The highest BCUT2D eigenvalue weighted by Gasteiger charge is 2.31. The predicted octanol–water partition coefficient (Wildman–Crippen LogP) is 1.93. The van der Waals surface area contributed by atoms with Crippen molar-refractivity contribution in [3.05, 3.63) is 34.9 Å². The second kappa shape index (κ2) is 7.34. The number of aryl methyl sites for hydroxylation is 2. The van der Waals surface area contributed by atoms with Crippen molar-refractivity contribution in [3.8, 4) is 0 Å². The highest BCUT2D eigenvalue weighted by atomic mass is 16.5. The molecule has 0 saturated carbocycles. The van der Waals surface area contributed by atoms with Crippen LogP contribution >= 0.6 is 0 Å². The van der Waals surface area contributed by atoms with Crippen molar-refractivity contribution in [1.82, 2.24) is 10.2 Å². The molecule has 0 aromatic heterocycles. The molecule has 130 valence electrons. The van der Waals surface area contributed by atoms with Crippen LogP contribution in [0.2, 0.25) is 0 Å². The highest BCUT2D eigenvalue weighted by Crippen LogP contribution is 2.23. The monoisotopic (exact) mass is 330 g/mol. The highest BCUT2D eigenvalue weighted by molar-refractivity contribution is 5.94. The molecule has 0 bridgehead atoms. The number of rotatable bonds is 4. The SMILES string of the molecule is CN(C)C(=O)C1CCC(CNC(=O)c2ccc3c(c2)CCCC3)O1. The summed E-state index contributed by atoms with van der Waals surface area (Å²) in [6, 6.07) is 6.02. The van der Waals surface area contributed by atoms with Crippen molar-refractivity contribution >= 4 is 11.8 Å². The number of carbonyl (C=O) groups excluding carboxylic acids is 2. The van der Waals surface area contributed by atoms with Gasteiger partial charge in [0.1, 0.15) is 6.10 Å². The number of hydrogen-bond donors (Lipinski definition) is 1. The van der Waals surface area contributed by atoms with E-state index in [0.29, 0.717) is 6.54 Å². The minimum Gasteiger partial charge on any atom is -0.363 e. The molecule has 5 nitrogen and oxygen atoms in total. The average Bonchev–Trinajstić information content (AvgIpc) is 3.07. The van der Waals surface area contributed by atoms with Crippen LogP contribution in [-0.4, -0.2) is 49.6 Å². The van der Waals surface area contributed by atoms with Crippen LogP contribution in [0.25, 0.3) is 0 Å². The van der Waals surface area contributed by atoms with Crippen molar-refractivity contribution in [2.75, 3.05) is 20.6 Å². The molecule has 2 amide bonds. The summed E-state index contributed by atoms with van der Waals surface area (Å²) in [5.41, 5.74) is 3.40. The molecule has 2 aliphatic rings. The van der Waals surface area contributed by atoms with Gasteiger partial charge in [0.25, 0.3) is 11.8 Å². The van der Waals surface area contributed by atoms with Crippen LogP contribution < -0.4 is 5.32 Å². The van der Waals surface area contributed by atoms with Crippen molar-refractivity contribution in [2.24, 2.45) is 0 Å². The lowest BCUT2D eigenvalue weighted by Crippen LogP contribution is -2.36. The number of likely N-dealkylation sites (N-methyl/N-ethyl adjacent to an activating group) is 1. The topological polar surface area (TPSA) is 58.6 Å². The molecule has 1 aromatic rings. The first-order chi connectivity index (χ1) is 11.5. The fraction of sp³-hybridized carbons (Fsp3) is 0.579. The number of fused-ring (bicyclic) bond motifs is 1. The Morgan fingerprint density at radius 2 is 1.92 bits per heavy atom. The van der Waals surface area contributed by atoms with E-state index < -0.39 is 0 Å². The molecule has 1 fully saturated rings. The van der Waals surface area contributed by atoms with Crippen LogP contribution in [-0.2, 0) is 22.4 Å². The van der Waals surface area contributed by atoms with Crippen molar-refractivity contribution in [2.45, 2.75) is 50.7 Å². The summed E-state index contributed by atoms with van der Waals surface area (Å²) in [5, 5.41) is 2.95. The van der Waals surface area contributed by atoms with Crippen molar-refractivity contribution in [3.63, 3.8) is 0 Å². The number of nitrogens with zero attached hydrogens (tertiary/aromatic N) is 1. The van der Waals surface area contributed by atoms with Gasteiger partial charge < -0.3 is 15.0 Å². The molecule has 1 aliphatic heterocycles. The van der Waals surface area contributed by atoms with Crippen LogP contribution in [0.15, 0.2) is 18.2 Å². The number of hydrogen-bond acceptors (Lipinski definition) is 3. The third kappa shape index (κ3) is 3.78. The summed E-state index contributed by atoms with van der Waals surface area (Å²) in [7, 11) is 3.47. The molecule has 24 heavy (non-hydrogen) atoms. The zero-order chi connectivity index (χ0) is 17.1. The maximum absolute atomic E-state index is 12.4. The van der Waals surface area contributed by atoms with Crippen molar-refractivity contribution < 1.29 is 14.3 Å². The van der Waals surface area contributed by atoms with Gasteiger partial charge in [-0.15, -0.1) is 0 Å². The van der Waals surface area contributed by atoms with E-state index in [-0.39, 0.29) is 24.0 Å². The van der Waals surface area contributed by atoms with Gasteiger partial charge in [-0.25, -0.2) is 0 Å². The van der Waals surface area contributed by atoms with E-state index in [0.717, 1.165) is 31.2 Å². The van der Waals surface area contributed by atoms with Crippen LogP contribution in [0.4, 0.5) is 0 Å². The molecular weight excluding hydrogens is 304 g/mol. The van der Waals surface area contributed by atoms with E-state index in [1.54, 1.807) is 19.0 Å². The van der Waals surface area contributed by atoms with Gasteiger partial charge in [-0.3, -0.25) is 9.59 Å². The minimum atomic E-state index is -0.370. The summed E-state index contributed by atoms with van der Waals surface area (Å²) >= 11 is 0. The minimum absolute atomic E-state index is 0.00138. The summed E-state index contributed by atoms with van der Waals surface area (Å²) in [6.45, 7) is 0.452. The molecular formula is C19H26N2O3. The number of benzene rings is 1. The third-order valence-corrected chi connectivity index (χ3v) is 4.92. The summed E-state index contributed by atoms with van der Waals surface area (Å²) in [5.74, 6) is -0.0622. The first kappa shape index (κ1) is 17.0. The lowest BCUT2D eigenvalue weighted by atomic mass is 9.90. The van der Waals surface area contributed by atoms with Gasteiger partial charge in [-0.05, 0) is 61.8 Å². The maximum atomic E-state index is 12.4. The summed E-state index contributed by atoms with van der Waals surface area (Å²) in [4.78, 5) is 25.8.